The van der Waals surface area contributed by atoms with Crippen LogP contribution in [0.2, 0.25) is 0 Å². The van der Waals surface area contributed by atoms with Crippen LogP contribution in [0.3, 0.4) is 0 Å². The Bertz CT molecular complexity index is 338. The molecule has 0 aromatic heterocycles. The fourth-order valence-corrected chi connectivity index (χ4v) is 4.11. The number of hydrogen-bond donors (Lipinski definition) is 1. The molecule has 108 valence electrons. The van der Waals surface area contributed by atoms with Gasteiger partial charge in [-0.3, -0.25) is 4.79 Å². The first-order chi connectivity index (χ1) is 9.16. The molecule has 3 heteroatoms. The summed E-state index contributed by atoms with van der Waals surface area (Å²) < 4.78 is 5.24. The highest BCUT2D eigenvalue weighted by atomic mass is 16.5. The van der Waals surface area contributed by atoms with Crippen LogP contribution >= 0.6 is 0 Å². The van der Waals surface area contributed by atoms with Crippen molar-refractivity contribution in [3.05, 3.63) is 0 Å². The van der Waals surface area contributed by atoms with Crippen LogP contribution in [0.1, 0.15) is 51.9 Å². The minimum absolute atomic E-state index is 0.192. The quantitative estimate of drug-likeness (QED) is 0.852. The molecule has 19 heavy (non-hydrogen) atoms. The van der Waals surface area contributed by atoms with Crippen molar-refractivity contribution in [3.8, 4) is 0 Å². The molecular formula is C16H27NO2. The number of ether oxygens (including phenoxy) is 1. The standard InChI is InChI=1S/C16H27NO2/c1-16(10-19-11-16)9-17-15(18)14-7-6-12-4-2-3-5-13(12)8-14/h12-14H,2-11H2,1H3,(H,17,18). The lowest BCUT2D eigenvalue weighted by molar-refractivity contribution is -0.132. The molecule has 0 bridgehead atoms. The Hall–Kier alpha value is -0.570. The first kappa shape index (κ1) is 13.4. The van der Waals surface area contributed by atoms with Crippen LogP contribution in [0.15, 0.2) is 0 Å². The Morgan fingerprint density at radius 3 is 2.58 bits per heavy atom. The van der Waals surface area contributed by atoms with Crippen molar-refractivity contribution < 1.29 is 9.53 Å². The third kappa shape index (κ3) is 2.96. The summed E-state index contributed by atoms with van der Waals surface area (Å²) >= 11 is 0. The topological polar surface area (TPSA) is 38.3 Å². The van der Waals surface area contributed by atoms with Gasteiger partial charge in [0.05, 0.1) is 13.2 Å². The van der Waals surface area contributed by atoms with Gasteiger partial charge in [-0.1, -0.05) is 32.6 Å². The Labute approximate surface area is 116 Å². The summed E-state index contributed by atoms with van der Waals surface area (Å²) in [5.41, 5.74) is 0.192. The van der Waals surface area contributed by atoms with E-state index in [4.69, 9.17) is 4.74 Å². The summed E-state index contributed by atoms with van der Waals surface area (Å²) in [5, 5.41) is 3.17. The van der Waals surface area contributed by atoms with Crippen molar-refractivity contribution in [1.82, 2.24) is 5.32 Å². The van der Waals surface area contributed by atoms with Crippen molar-refractivity contribution in [2.75, 3.05) is 19.8 Å². The van der Waals surface area contributed by atoms with E-state index in [-0.39, 0.29) is 11.3 Å². The predicted molar refractivity (Wildman–Crippen MR) is 74.7 cm³/mol. The highest BCUT2D eigenvalue weighted by Crippen LogP contribution is 2.42. The molecular weight excluding hydrogens is 238 g/mol. The Morgan fingerprint density at radius 2 is 1.89 bits per heavy atom. The van der Waals surface area contributed by atoms with E-state index in [1.165, 1.54) is 32.1 Å². The van der Waals surface area contributed by atoms with E-state index < -0.39 is 0 Å². The molecule has 1 heterocycles. The maximum atomic E-state index is 12.3. The number of rotatable bonds is 3. The van der Waals surface area contributed by atoms with E-state index >= 15 is 0 Å². The van der Waals surface area contributed by atoms with Crippen LogP contribution in [0.25, 0.3) is 0 Å². The smallest absolute Gasteiger partial charge is 0.223 e. The molecule has 3 aliphatic rings. The van der Waals surface area contributed by atoms with Gasteiger partial charge in [0.25, 0.3) is 0 Å². The van der Waals surface area contributed by atoms with Crippen molar-refractivity contribution in [2.24, 2.45) is 23.2 Å². The molecule has 1 N–H and O–H groups in total. The average molecular weight is 265 g/mol. The highest BCUT2D eigenvalue weighted by molar-refractivity contribution is 5.78. The second-order valence-corrected chi connectivity index (χ2v) is 7.34. The molecule has 3 nitrogen and oxygen atoms in total. The summed E-state index contributed by atoms with van der Waals surface area (Å²) in [4.78, 5) is 12.3. The maximum absolute atomic E-state index is 12.3. The van der Waals surface area contributed by atoms with E-state index in [2.05, 4.69) is 12.2 Å². The van der Waals surface area contributed by atoms with Gasteiger partial charge in [-0.25, -0.2) is 0 Å². The van der Waals surface area contributed by atoms with Gasteiger partial charge in [-0.2, -0.15) is 0 Å². The molecule has 1 saturated heterocycles. The number of carbonyl (C=O) groups is 1. The zero-order valence-electron chi connectivity index (χ0n) is 12.1. The third-order valence-corrected chi connectivity index (χ3v) is 5.50. The van der Waals surface area contributed by atoms with Gasteiger partial charge in [0, 0.05) is 17.9 Å². The first-order valence-corrected chi connectivity index (χ1v) is 8.02. The molecule has 2 saturated carbocycles. The normalized spacial score (nSPS) is 37.0. The number of hydrogen-bond acceptors (Lipinski definition) is 2. The van der Waals surface area contributed by atoms with Gasteiger partial charge in [0.1, 0.15) is 0 Å². The Morgan fingerprint density at radius 1 is 1.16 bits per heavy atom. The molecule has 2 aliphatic carbocycles. The van der Waals surface area contributed by atoms with Gasteiger partial charge in [-0.05, 0) is 31.1 Å². The zero-order valence-corrected chi connectivity index (χ0v) is 12.1. The van der Waals surface area contributed by atoms with Crippen molar-refractivity contribution in [1.29, 1.82) is 0 Å². The summed E-state index contributed by atoms with van der Waals surface area (Å²) in [6.45, 7) is 4.57. The second kappa shape index (κ2) is 5.43. The predicted octanol–water partition coefficient (Wildman–Crippen LogP) is 2.75. The molecule has 0 aromatic rings. The van der Waals surface area contributed by atoms with E-state index in [1.54, 1.807) is 0 Å². The minimum atomic E-state index is 0.192. The van der Waals surface area contributed by atoms with Crippen molar-refractivity contribution in [3.63, 3.8) is 0 Å². The molecule has 0 spiro atoms. The molecule has 3 rings (SSSR count). The molecule has 0 aromatic carbocycles. The fraction of sp³-hybridized carbons (Fsp3) is 0.938. The van der Waals surface area contributed by atoms with E-state index in [9.17, 15) is 4.79 Å². The average Bonchev–Trinajstić information content (AvgIpc) is 2.42. The lowest BCUT2D eigenvalue weighted by atomic mass is 9.67. The first-order valence-electron chi connectivity index (χ1n) is 8.02. The maximum Gasteiger partial charge on any atom is 0.223 e. The molecule has 3 unspecified atom stereocenters. The van der Waals surface area contributed by atoms with Gasteiger partial charge >= 0.3 is 0 Å². The summed E-state index contributed by atoms with van der Waals surface area (Å²) in [5.74, 6) is 2.34. The molecule has 3 fully saturated rings. The fourth-order valence-electron chi connectivity index (χ4n) is 4.11. The van der Waals surface area contributed by atoms with Crippen molar-refractivity contribution >= 4 is 5.91 Å². The van der Waals surface area contributed by atoms with Crippen molar-refractivity contribution in [2.45, 2.75) is 51.9 Å². The largest absolute Gasteiger partial charge is 0.380 e. The SMILES string of the molecule is CC1(CNC(=O)C2CCC3CCCCC3C2)COC1. The molecule has 0 radical (unpaired) electrons. The highest BCUT2D eigenvalue weighted by Gasteiger charge is 2.37. The van der Waals surface area contributed by atoms with Crippen LogP contribution < -0.4 is 5.32 Å². The van der Waals surface area contributed by atoms with Crippen LogP contribution in [0.4, 0.5) is 0 Å². The van der Waals surface area contributed by atoms with E-state index in [0.717, 1.165) is 44.4 Å². The van der Waals surface area contributed by atoms with Crippen LogP contribution in [-0.4, -0.2) is 25.7 Å². The third-order valence-electron chi connectivity index (χ3n) is 5.50. The lowest BCUT2D eigenvalue weighted by Crippen LogP contribution is -2.50. The molecule has 3 atom stereocenters. The van der Waals surface area contributed by atoms with Crippen LogP contribution in [0.5, 0.6) is 0 Å². The van der Waals surface area contributed by atoms with Gasteiger partial charge in [0.2, 0.25) is 5.91 Å². The Kier molecular flexibility index (Phi) is 3.84. The number of carbonyl (C=O) groups excluding carboxylic acids is 1. The second-order valence-electron chi connectivity index (χ2n) is 7.34. The van der Waals surface area contributed by atoms with Crippen LogP contribution in [-0.2, 0) is 9.53 Å². The lowest BCUT2D eigenvalue weighted by Gasteiger charge is -2.40. The monoisotopic (exact) mass is 265 g/mol. The number of amides is 1. The minimum Gasteiger partial charge on any atom is -0.380 e. The molecule has 1 aliphatic heterocycles. The molecule has 1 amide bonds. The summed E-state index contributed by atoms with van der Waals surface area (Å²) in [6, 6.07) is 0. The zero-order chi connectivity index (χ0) is 13.3. The van der Waals surface area contributed by atoms with E-state index in [1.807, 2.05) is 0 Å². The number of nitrogens with one attached hydrogen (secondary N) is 1. The number of fused-ring (bicyclic) bond motifs is 1. The van der Waals surface area contributed by atoms with Crippen LogP contribution in [0, 0.1) is 23.2 Å². The Balaban J connectivity index is 1.47. The van der Waals surface area contributed by atoms with Gasteiger partial charge in [-0.15, -0.1) is 0 Å². The summed E-state index contributed by atoms with van der Waals surface area (Å²) in [6.07, 6.45) is 9.10. The van der Waals surface area contributed by atoms with Gasteiger partial charge < -0.3 is 10.1 Å². The summed E-state index contributed by atoms with van der Waals surface area (Å²) in [7, 11) is 0. The van der Waals surface area contributed by atoms with E-state index in [0.29, 0.717) is 5.91 Å². The van der Waals surface area contributed by atoms with Gasteiger partial charge in [0.15, 0.2) is 0 Å².